The Balaban J connectivity index is -0.000000200. The van der Waals surface area contributed by atoms with Crippen LogP contribution in [0.3, 0.4) is 0 Å². The van der Waals surface area contributed by atoms with Crippen molar-refractivity contribution in [3.05, 3.63) is 0 Å². The highest BCUT2D eigenvalue weighted by atomic mass is 33.2. The third-order valence-corrected chi connectivity index (χ3v) is 1.92. The van der Waals surface area contributed by atoms with E-state index in [0.717, 1.165) is 0 Å². The third-order valence-electron chi connectivity index (χ3n) is 0.940. The first-order chi connectivity index (χ1) is 8.09. The van der Waals surface area contributed by atoms with Gasteiger partial charge < -0.3 is 30.6 Å². The van der Waals surface area contributed by atoms with Gasteiger partial charge in [-0.2, -0.15) is 0 Å². The standard InChI is InChI=1S/C4H10O4.CH2O3.H2O4S2/c5-1-3(7)4(8)2-6;2-1(3)4;1-5(2)6(3)4/h3-8H,1-2H2;(H2,2,3,4);(H,1,2)(H,3,4). The molecule has 18 heavy (non-hydrogen) atoms. The van der Waals surface area contributed by atoms with Gasteiger partial charge >= 0.3 is 6.16 Å². The lowest BCUT2D eigenvalue weighted by molar-refractivity contribution is -0.0388. The molecule has 0 amide bonds. The van der Waals surface area contributed by atoms with Crippen LogP contribution >= 0.6 is 0 Å². The molecule has 11 nitrogen and oxygen atoms in total. The number of carboxylic acid groups (broad SMARTS) is 2. The van der Waals surface area contributed by atoms with E-state index in [2.05, 4.69) is 0 Å². The Kier molecular flexibility index (Phi) is 18.0. The van der Waals surface area contributed by atoms with Crippen molar-refractivity contribution in [3.63, 3.8) is 0 Å². The van der Waals surface area contributed by atoms with Crippen LogP contribution in [0.15, 0.2) is 0 Å². The van der Waals surface area contributed by atoms with Crippen LogP contribution in [0, 0.1) is 0 Å². The van der Waals surface area contributed by atoms with Crippen LogP contribution in [0.1, 0.15) is 0 Å². The van der Waals surface area contributed by atoms with Gasteiger partial charge in [-0.05, 0) is 0 Å². The molecule has 0 aliphatic carbocycles. The Labute approximate surface area is 105 Å². The maximum absolute atomic E-state index is 9.26. The van der Waals surface area contributed by atoms with Gasteiger partial charge in [0.15, 0.2) is 0 Å². The molecule has 4 unspecified atom stereocenters. The van der Waals surface area contributed by atoms with Gasteiger partial charge in [-0.3, -0.25) is 9.11 Å². The molecule has 0 aromatic heterocycles. The van der Waals surface area contributed by atoms with Crippen molar-refractivity contribution in [2.75, 3.05) is 13.2 Å². The van der Waals surface area contributed by atoms with Crippen LogP contribution < -0.4 is 0 Å². The van der Waals surface area contributed by atoms with E-state index in [1.807, 2.05) is 0 Å². The molecular weight excluding hydrogens is 300 g/mol. The summed E-state index contributed by atoms with van der Waals surface area (Å²) in [6.07, 6.45) is -4.28. The van der Waals surface area contributed by atoms with E-state index < -0.39 is 51.8 Å². The van der Waals surface area contributed by atoms with Gasteiger partial charge in [0.25, 0.3) is 20.2 Å². The van der Waals surface area contributed by atoms with Gasteiger partial charge in [-0.25, -0.2) is 13.2 Å². The molecule has 0 fully saturated rings. The van der Waals surface area contributed by atoms with Crippen molar-refractivity contribution in [1.29, 1.82) is 0 Å². The molecule has 112 valence electrons. The highest BCUT2D eigenvalue weighted by molar-refractivity contribution is 8.56. The summed E-state index contributed by atoms with van der Waals surface area (Å²) in [4.78, 5) is 8.56. The maximum Gasteiger partial charge on any atom is 0.503 e. The third kappa shape index (κ3) is 24.5. The fraction of sp³-hybridized carbons (Fsp3) is 0.800. The van der Waals surface area contributed by atoms with Gasteiger partial charge in [-0.15, -0.1) is 0 Å². The molecule has 0 aliphatic heterocycles. The summed E-state index contributed by atoms with van der Waals surface area (Å²) in [7, 11) is -5.18. The predicted octanol–water partition coefficient (Wildman–Crippen LogP) is -2.74. The number of hydrogen-bond acceptors (Lipinski definition) is 7. The van der Waals surface area contributed by atoms with E-state index in [0.29, 0.717) is 0 Å². The van der Waals surface area contributed by atoms with Crippen LogP contribution in [0.2, 0.25) is 0 Å². The van der Waals surface area contributed by atoms with Crippen LogP contribution in [0.5, 0.6) is 0 Å². The normalized spacial score (nSPS) is 15.9. The summed E-state index contributed by atoms with van der Waals surface area (Å²) in [6.45, 7) is -1.05. The molecule has 0 radical (unpaired) electrons. The molecule has 0 heterocycles. The van der Waals surface area contributed by atoms with Crippen molar-refractivity contribution in [1.82, 2.24) is 0 Å². The van der Waals surface area contributed by atoms with E-state index in [-0.39, 0.29) is 0 Å². The van der Waals surface area contributed by atoms with E-state index >= 15 is 0 Å². The van der Waals surface area contributed by atoms with E-state index in [9.17, 15) is 8.42 Å². The van der Waals surface area contributed by atoms with Crippen LogP contribution in [0.25, 0.3) is 0 Å². The molecule has 0 saturated carbocycles. The van der Waals surface area contributed by atoms with Crippen LogP contribution in [0.4, 0.5) is 4.79 Å². The molecule has 0 aromatic rings. The second-order valence-electron chi connectivity index (χ2n) is 2.22. The molecule has 8 N–H and O–H groups in total. The molecule has 0 aliphatic rings. The number of hydrogen-bond donors (Lipinski definition) is 8. The molecular formula is C5H14O11S2. The molecule has 0 rings (SSSR count). The predicted molar refractivity (Wildman–Crippen MR) is 58.4 cm³/mol. The monoisotopic (exact) mass is 314 g/mol. The molecule has 0 saturated heterocycles. The van der Waals surface area contributed by atoms with Crippen molar-refractivity contribution in [3.8, 4) is 0 Å². The minimum atomic E-state index is -2.59. The average Bonchev–Trinajstić information content (AvgIpc) is 2.26. The molecule has 4 atom stereocenters. The maximum atomic E-state index is 9.26. The average molecular weight is 314 g/mol. The van der Waals surface area contributed by atoms with E-state index in [1.165, 1.54) is 0 Å². The van der Waals surface area contributed by atoms with Gasteiger partial charge in [0.1, 0.15) is 12.2 Å². The summed E-state index contributed by atoms with van der Waals surface area (Å²) in [5.74, 6) is 0. The van der Waals surface area contributed by atoms with E-state index in [1.54, 1.807) is 0 Å². The number of aliphatic hydroxyl groups is 4. The lowest BCUT2D eigenvalue weighted by Crippen LogP contribution is -2.31. The number of rotatable bonds is 4. The molecule has 0 bridgehead atoms. The first-order valence-electron chi connectivity index (χ1n) is 3.82. The molecule has 0 aromatic carbocycles. The Morgan fingerprint density at radius 1 is 0.889 bits per heavy atom. The summed E-state index contributed by atoms with van der Waals surface area (Å²) in [5.41, 5.74) is 0. The zero-order valence-corrected chi connectivity index (χ0v) is 10.3. The van der Waals surface area contributed by atoms with Crippen molar-refractivity contribution in [2.24, 2.45) is 0 Å². The minimum absolute atomic E-state index is 0.526. The Morgan fingerprint density at radius 2 is 1.06 bits per heavy atom. The van der Waals surface area contributed by atoms with Crippen LogP contribution in [-0.2, 0) is 20.2 Å². The highest BCUT2D eigenvalue weighted by Gasteiger charge is 2.12. The Bertz CT molecular complexity index is 232. The van der Waals surface area contributed by atoms with E-state index in [4.69, 9.17) is 44.5 Å². The topological polar surface area (TPSA) is 213 Å². The summed E-state index contributed by atoms with van der Waals surface area (Å²) < 4.78 is 33.6. The molecule has 0 spiro atoms. The number of aliphatic hydroxyl groups excluding tert-OH is 4. The summed E-state index contributed by atoms with van der Waals surface area (Å²) in [6, 6.07) is 0. The molecule has 13 heteroatoms. The van der Waals surface area contributed by atoms with Crippen molar-refractivity contribution < 1.29 is 53.0 Å². The number of carbonyl (C=O) groups is 1. The zero-order chi connectivity index (χ0) is 15.3. The summed E-state index contributed by atoms with van der Waals surface area (Å²) in [5, 5.41) is 47.1. The zero-order valence-electron chi connectivity index (χ0n) is 8.69. The van der Waals surface area contributed by atoms with Gasteiger partial charge in [-0.1, -0.05) is 0 Å². The fourth-order valence-corrected chi connectivity index (χ4v) is 0.243. The Morgan fingerprint density at radius 3 is 1.11 bits per heavy atom. The Hall–Kier alpha value is -0.670. The lowest BCUT2D eigenvalue weighted by Gasteiger charge is -2.10. The van der Waals surface area contributed by atoms with Gasteiger partial charge in [0, 0.05) is 0 Å². The SMILES string of the molecule is O=C(O)O.O=S(O)S(=O)O.OCC(O)C(O)CO. The largest absolute Gasteiger partial charge is 0.503 e. The quantitative estimate of drug-likeness (QED) is 0.197. The first-order valence-corrected chi connectivity index (χ1v) is 6.55. The fourth-order valence-electron chi connectivity index (χ4n) is 0.243. The first kappa shape index (κ1) is 22.5. The summed E-state index contributed by atoms with van der Waals surface area (Å²) >= 11 is 0. The smallest absolute Gasteiger partial charge is 0.450 e. The lowest BCUT2D eigenvalue weighted by atomic mass is 10.2. The van der Waals surface area contributed by atoms with Crippen molar-refractivity contribution in [2.45, 2.75) is 12.2 Å². The van der Waals surface area contributed by atoms with Crippen molar-refractivity contribution >= 4 is 26.4 Å². The van der Waals surface area contributed by atoms with Gasteiger partial charge in [0.2, 0.25) is 0 Å². The second-order valence-corrected chi connectivity index (χ2v) is 4.80. The highest BCUT2D eigenvalue weighted by Crippen LogP contribution is 1.88. The second kappa shape index (κ2) is 14.4. The van der Waals surface area contributed by atoms with Crippen LogP contribution in [-0.4, -0.2) is 79.7 Å². The van der Waals surface area contributed by atoms with Gasteiger partial charge in [0.05, 0.1) is 13.2 Å². The minimum Gasteiger partial charge on any atom is -0.450 e.